The van der Waals surface area contributed by atoms with Gasteiger partial charge in [0, 0.05) is 12.4 Å². The van der Waals surface area contributed by atoms with E-state index in [2.05, 4.69) is 10.1 Å². The molecule has 0 saturated carbocycles. The number of hydrogen-bond acceptors (Lipinski definition) is 10. The fourth-order valence-electron chi connectivity index (χ4n) is 2.02. The predicted octanol–water partition coefficient (Wildman–Crippen LogP) is -0.441. The van der Waals surface area contributed by atoms with Crippen molar-refractivity contribution in [2.45, 2.75) is 0 Å². The van der Waals surface area contributed by atoms with Gasteiger partial charge < -0.3 is 48.3 Å². The van der Waals surface area contributed by atoms with Gasteiger partial charge in [-0.05, 0) is 0 Å². The molecule has 0 aromatic heterocycles. The highest BCUT2D eigenvalue weighted by atomic mass is 35.5. The average molecular weight is 504 g/mol. The van der Waals surface area contributed by atoms with Gasteiger partial charge in [-0.1, -0.05) is 0 Å². The summed E-state index contributed by atoms with van der Waals surface area (Å²) in [5, 5.41) is 10.9. The number of aliphatic carboxylic acids is 1. The molecule has 0 fully saturated rings. The second kappa shape index (κ2) is 27.2. The van der Waals surface area contributed by atoms with E-state index in [1.807, 2.05) is 0 Å². The van der Waals surface area contributed by atoms with Gasteiger partial charge in [-0.3, -0.25) is 4.79 Å². The number of carbonyl (C=O) groups is 2. The summed E-state index contributed by atoms with van der Waals surface area (Å²) in [6.45, 7) is 6.10. The lowest BCUT2D eigenvalue weighted by Crippen LogP contribution is -2.31. The number of halogens is 1. The summed E-state index contributed by atoms with van der Waals surface area (Å²) >= 11 is 5.48. The van der Waals surface area contributed by atoms with Crippen molar-refractivity contribution in [1.82, 2.24) is 5.32 Å². The maximum absolute atomic E-state index is 11.3. The monoisotopic (exact) mass is 503 g/mol. The molecule has 0 aromatic rings. The molecule has 0 rings (SSSR count). The fraction of sp³-hybridized carbons (Fsp3) is 0.900. The summed E-state index contributed by atoms with van der Waals surface area (Å²) in [5.41, 5.74) is 0. The minimum absolute atomic E-state index is 0.295. The normalized spacial score (nSPS) is 11.1. The molecule has 0 atom stereocenters. The van der Waals surface area contributed by atoms with Crippen LogP contribution in [0.4, 0.5) is 0 Å². The number of nitrogens with one attached hydrogen (secondary N) is 1. The molecule has 0 unspecified atom stereocenters. The highest BCUT2D eigenvalue weighted by Crippen LogP contribution is 1.86. The van der Waals surface area contributed by atoms with Crippen LogP contribution in [0.15, 0.2) is 0 Å². The van der Waals surface area contributed by atoms with Crippen molar-refractivity contribution in [1.29, 1.82) is 0 Å². The molecule has 0 bridgehead atoms. The molecule has 0 radical (unpaired) electrons. The van der Waals surface area contributed by atoms with E-state index < -0.39 is 18.5 Å². The molecule has 12 nitrogen and oxygen atoms in total. The van der Waals surface area contributed by atoms with Gasteiger partial charge in [-0.15, -0.1) is 11.6 Å². The zero-order valence-electron chi connectivity index (χ0n) is 19.1. The third kappa shape index (κ3) is 28.9. The zero-order chi connectivity index (χ0) is 24.2. The Bertz CT molecular complexity index is 446. The number of amides is 1. The molecule has 33 heavy (non-hydrogen) atoms. The molecule has 2 N–H and O–H groups in total. The van der Waals surface area contributed by atoms with Gasteiger partial charge in [0.2, 0.25) is 5.91 Å². The van der Waals surface area contributed by atoms with E-state index in [-0.39, 0.29) is 6.61 Å². The lowest BCUT2D eigenvalue weighted by atomic mass is 10.6. The Morgan fingerprint density at radius 3 is 1.27 bits per heavy atom. The molecule has 0 spiro atoms. The molecular formula is C20H38ClNO11. The summed E-state index contributed by atoms with van der Waals surface area (Å²) in [4.78, 5) is 21.5. The lowest BCUT2D eigenvalue weighted by Gasteiger charge is -2.08. The summed E-state index contributed by atoms with van der Waals surface area (Å²) < 4.78 is 41.9. The van der Waals surface area contributed by atoms with Crippen LogP contribution in [0, 0.1) is 0 Å². The van der Waals surface area contributed by atoms with E-state index >= 15 is 0 Å². The number of rotatable bonds is 27. The van der Waals surface area contributed by atoms with Gasteiger partial charge in [-0.25, -0.2) is 4.79 Å². The van der Waals surface area contributed by atoms with E-state index in [1.165, 1.54) is 0 Å². The van der Waals surface area contributed by atoms with Crippen LogP contribution in [0.3, 0.4) is 0 Å². The molecule has 1 amide bonds. The summed E-state index contributed by atoms with van der Waals surface area (Å²) in [6, 6.07) is 0. The van der Waals surface area contributed by atoms with Crippen LogP contribution in [0.1, 0.15) is 0 Å². The highest BCUT2D eigenvalue weighted by molar-refractivity contribution is 6.17. The summed E-state index contributed by atoms with van der Waals surface area (Å²) in [6.07, 6.45) is 0. The van der Waals surface area contributed by atoms with Crippen molar-refractivity contribution in [3.63, 3.8) is 0 Å². The van der Waals surface area contributed by atoms with Crippen LogP contribution < -0.4 is 5.32 Å². The molecule has 13 heteroatoms. The molecule has 0 saturated heterocycles. The van der Waals surface area contributed by atoms with Crippen LogP contribution in [0.2, 0.25) is 0 Å². The Balaban J connectivity index is 3.09. The van der Waals surface area contributed by atoms with Gasteiger partial charge >= 0.3 is 5.97 Å². The van der Waals surface area contributed by atoms with E-state index in [0.717, 1.165) is 0 Å². The van der Waals surface area contributed by atoms with E-state index in [0.29, 0.717) is 105 Å². The highest BCUT2D eigenvalue weighted by Gasteiger charge is 2.03. The van der Waals surface area contributed by atoms with Crippen molar-refractivity contribution in [2.24, 2.45) is 0 Å². The van der Waals surface area contributed by atoms with Gasteiger partial charge in [0.15, 0.2) is 0 Å². The number of carboxylic acid groups (broad SMARTS) is 1. The minimum Gasteiger partial charge on any atom is -0.480 e. The standard InChI is InChI=1S/C20H38ClNO11/c21-1-3-26-5-7-28-9-11-30-13-15-32-16-14-31-12-10-29-8-6-27-4-2-22-19(23)17-33-18-20(24)25/h1-18H2,(H,22,23)(H,24,25). The second-order valence-corrected chi connectivity index (χ2v) is 6.59. The number of ether oxygens (including phenoxy) is 8. The van der Waals surface area contributed by atoms with Gasteiger partial charge in [0.25, 0.3) is 0 Å². The molecule has 0 heterocycles. The number of carboxylic acids is 1. The SMILES string of the molecule is O=C(O)COCC(=O)NCCOCCOCCOCCOCCOCCOCCOCCCl. The maximum Gasteiger partial charge on any atom is 0.329 e. The topological polar surface area (TPSA) is 140 Å². The predicted molar refractivity (Wildman–Crippen MR) is 118 cm³/mol. The Labute approximate surface area is 200 Å². The van der Waals surface area contributed by atoms with E-state index in [1.54, 1.807) is 0 Å². The number of hydrogen-bond donors (Lipinski definition) is 2. The van der Waals surface area contributed by atoms with Crippen LogP contribution in [-0.4, -0.2) is 135 Å². The molecule has 0 aromatic carbocycles. The summed E-state index contributed by atoms with van der Waals surface area (Å²) in [5.74, 6) is -1.03. The second-order valence-electron chi connectivity index (χ2n) is 6.21. The quantitative estimate of drug-likeness (QED) is 0.111. The molecule has 0 aliphatic heterocycles. The van der Waals surface area contributed by atoms with Gasteiger partial charge in [-0.2, -0.15) is 0 Å². The first-order valence-electron chi connectivity index (χ1n) is 10.8. The molecular weight excluding hydrogens is 466 g/mol. The average Bonchev–Trinajstić information content (AvgIpc) is 2.79. The molecule has 0 aliphatic carbocycles. The Kier molecular flexibility index (Phi) is 26.3. The van der Waals surface area contributed by atoms with Crippen molar-refractivity contribution < 1.29 is 52.6 Å². The Morgan fingerprint density at radius 1 is 0.545 bits per heavy atom. The first kappa shape index (κ1) is 31.9. The van der Waals surface area contributed by atoms with Crippen molar-refractivity contribution in [3.05, 3.63) is 0 Å². The molecule has 0 aliphatic rings. The van der Waals surface area contributed by atoms with Crippen molar-refractivity contribution in [2.75, 3.05) is 118 Å². The molecule has 196 valence electrons. The first-order valence-corrected chi connectivity index (χ1v) is 11.4. The largest absolute Gasteiger partial charge is 0.480 e. The zero-order valence-corrected chi connectivity index (χ0v) is 19.9. The summed E-state index contributed by atoms with van der Waals surface area (Å²) in [7, 11) is 0. The fourth-order valence-corrected chi connectivity index (χ4v) is 2.13. The van der Waals surface area contributed by atoms with Crippen LogP contribution in [0.5, 0.6) is 0 Å². The van der Waals surface area contributed by atoms with Crippen molar-refractivity contribution >= 4 is 23.5 Å². The lowest BCUT2D eigenvalue weighted by molar-refractivity contribution is -0.143. The van der Waals surface area contributed by atoms with Crippen LogP contribution in [-0.2, 0) is 47.5 Å². The van der Waals surface area contributed by atoms with Gasteiger partial charge in [0.05, 0.1) is 92.5 Å². The smallest absolute Gasteiger partial charge is 0.329 e. The third-order valence-electron chi connectivity index (χ3n) is 3.48. The van der Waals surface area contributed by atoms with E-state index in [9.17, 15) is 9.59 Å². The number of carbonyl (C=O) groups excluding carboxylic acids is 1. The number of alkyl halides is 1. The Morgan fingerprint density at radius 2 is 0.909 bits per heavy atom. The van der Waals surface area contributed by atoms with Crippen LogP contribution in [0.25, 0.3) is 0 Å². The third-order valence-corrected chi connectivity index (χ3v) is 3.64. The van der Waals surface area contributed by atoms with Gasteiger partial charge in [0.1, 0.15) is 13.2 Å². The first-order chi connectivity index (χ1) is 16.2. The van der Waals surface area contributed by atoms with Crippen LogP contribution >= 0.6 is 11.6 Å². The van der Waals surface area contributed by atoms with E-state index in [4.69, 9.17) is 49.9 Å². The van der Waals surface area contributed by atoms with Crippen molar-refractivity contribution in [3.8, 4) is 0 Å². The Hall–Kier alpha value is -1.09. The maximum atomic E-state index is 11.3. The minimum atomic E-state index is -1.12.